The van der Waals surface area contributed by atoms with Gasteiger partial charge in [0.2, 0.25) is 5.91 Å². The molecule has 1 aliphatic carbocycles. The Hall–Kier alpha value is -1.11. The molecule has 6 nitrogen and oxygen atoms in total. The maximum Gasteiger partial charge on any atom is 0.229 e. The van der Waals surface area contributed by atoms with Crippen molar-refractivity contribution in [1.29, 1.82) is 0 Å². The first-order valence-electron chi connectivity index (χ1n) is 6.78. The SMILES string of the molecule is COCCn1ccc(NC(=O)[C@@H]2CCC[C@@H]2CN)n1.Cl. The van der Waals surface area contributed by atoms with Crippen LogP contribution in [0.3, 0.4) is 0 Å². The maximum atomic E-state index is 12.2. The molecule has 0 unspecified atom stereocenters. The molecular weight excluding hydrogens is 280 g/mol. The van der Waals surface area contributed by atoms with Gasteiger partial charge in [0.15, 0.2) is 5.82 Å². The summed E-state index contributed by atoms with van der Waals surface area (Å²) in [5.41, 5.74) is 5.70. The molecule has 20 heavy (non-hydrogen) atoms. The second-order valence-corrected chi connectivity index (χ2v) is 4.98. The van der Waals surface area contributed by atoms with Gasteiger partial charge >= 0.3 is 0 Å². The van der Waals surface area contributed by atoms with Crippen LogP contribution in [-0.4, -0.2) is 35.9 Å². The van der Waals surface area contributed by atoms with E-state index in [-0.39, 0.29) is 24.2 Å². The van der Waals surface area contributed by atoms with Crippen molar-refractivity contribution < 1.29 is 9.53 Å². The summed E-state index contributed by atoms with van der Waals surface area (Å²) in [7, 11) is 1.65. The van der Waals surface area contributed by atoms with Crippen LogP contribution in [0.4, 0.5) is 5.82 Å². The predicted molar refractivity (Wildman–Crippen MR) is 79.9 cm³/mol. The van der Waals surface area contributed by atoms with Gasteiger partial charge in [-0.15, -0.1) is 12.4 Å². The first-order chi connectivity index (χ1) is 9.24. The highest BCUT2D eigenvalue weighted by atomic mass is 35.5. The molecule has 1 fully saturated rings. The lowest BCUT2D eigenvalue weighted by atomic mass is 9.95. The van der Waals surface area contributed by atoms with E-state index in [4.69, 9.17) is 10.5 Å². The highest BCUT2D eigenvalue weighted by Gasteiger charge is 2.32. The smallest absolute Gasteiger partial charge is 0.229 e. The lowest BCUT2D eigenvalue weighted by Crippen LogP contribution is -2.29. The highest BCUT2D eigenvalue weighted by Crippen LogP contribution is 2.31. The van der Waals surface area contributed by atoms with E-state index in [1.165, 1.54) is 0 Å². The Morgan fingerprint density at radius 1 is 1.60 bits per heavy atom. The summed E-state index contributed by atoms with van der Waals surface area (Å²) in [4.78, 5) is 12.2. The van der Waals surface area contributed by atoms with E-state index >= 15 is 0 Å². The number of anilines is 1. The summed E-state index contributed by atoms with van der Waals surface area (Å²) >= 11 is 0. The zero-order valence-corrected chi connectivity index (χ0v) is 12.6. The number of rotatable bonds is 6. The molecule has 3 N–H and O–H groups in total. The second-order valence-electron chi connectivity index (χ2n) is 4.98. The van der Waals surface area contributed by atoms with E-state index in [1.54, 1.807) is 17.9 Å². The van der Waals surface area contributed by atoms with Crippen molar-refractivity contribution in [1.82, 2.24) is 9.78 Å². The Balaban J connectivity index is 0.00000200. The minimum Gasteiger partial charge on any atom is -0.383 e. The summed E-state index contributed by atoms with van der Waals surface area (Å²) in [5, 5.41) is 7.16. The molecule has 0 aromatic carbocycles. The van der Waals surface area contributed by atoms with Crippen LogP contribution < -0.4 is 11.1 Å². The number of nitrogens with zero attached hydrogens (tertiary/aromatic N) is 2. The predicted octanol–water partition coefficient (Wildman–Crippen LogP) is 1.26. The molecule has 1 aromatic rings. The van der Waals surface area contributed by atoms with Gasteiger partial charge in [0.1, 0.15) is 0 Å². The van der Waals surface area contributed by atoms with Crippen molar-refractivity contribution in [3.8, 4) is 0 Å². The van der Waals surface area contributed by atoms with Crippen molar-refractivity contribution in [3.05, 3.63) is 12.3 Å². The summed E-state index contributed by atoms with van der Waals surface area (Å²) < 4.78 is 6.74. The number of methoxy groups -OCH3 is 1. The monoisotopic (exact) mass is 302 g/mol. The van der Waals surface area contributed by atoms with Gasteiger partial charge < -0.3 is 15.8 Å². The molecule has 1 heterocycles. The van der Waals surface area contributed by atoms with Crippen molar-refractivity contribution >= 4 is 24.1 Å². The van der Waals surface area contributed by atoms with Crippen molar-refractivity contribution in [2.24, 2.45) is 17.6 Å². The van der Waals surface area contributed by atoms with Gasteiger partial charge in [0.25, 0.3) is 0 Å². The molecule has 0 saturated heterocycles. The Kier molecular flexibility index (Phi) is 6.98. The molecule has 1 saturated carbocycles. The number of hydrogen-bond donors (Lipinski definition) is 2. The van der Waals surface area contributed by atoms with Crippen molar-refractivity contribution in [2.75, 3.05) is 25.6 Å². The van der Waals surface area contributed by atoms with Gasteiger partial charge in [-0.1, -0.05) is 6.42 Å². The van der Waals surface area contributed by atoms with Crippen molar-refractivity contribution in [2.45, 2.75) is 25.8 Å². The lowest BCUT2D eigenvalue weighted by Gasteiger charge is -2.16. The van der Waals surface area contributed by atoms with E-state index in [0.717, 1.165) is 19.3 Å². The minimum absolute atomic E-state index is 0. The van der Waals surface area contributed by atoms with Gasteiger partial charge in [-0.2, -0.15) is 5.10 Å². The third kappa shape index (κ3) is 4.19. The fraction of sp³-hybridized carbons (Fsp3) is 0.692. The fourth-order valence-electron chi connectivity index (χ4n) is 2.62. The number of carbonyl (C=O) groups is 1. The van der Waals surface area contributed by atoms with E-state index in [1.807, 2.05) is 6.20 Å². The van der Waals surface area contributed by atoms with Crippen LogP contribution in [0.5, 0.6) is 0 Å². The molecule has 2 atom stereocenters. The van der Waals surface area contributed by atoms with Gasteiger partial charge in [0.05, 0.1) is 13.2 Å². The van der Waals surface area contributed by atoms with Gasteiger partial charge in [0, 0.05) is 25.3 Å². The number of carbonyl (C=O) groups excluding carboxylic acids is 1. The standard InChI is InChI=1S/C13H22N4O2.ClH/c1-19-8-7-17-6-5-12(16-17)15-13(18)11-4-2-3-10(11)9-14;/h5-6,10-11H,2-4,7-9,14H2,1H3,(H,15,16,18);1H/t10-,11-;/m1./s1. The van der Waals surface area contributed by atoms with Crippen LogP contribution in [0.1, 0.15) is 19.3 Å². The van der Waals surface area contributed by atoms with Crippen LogP contribution in [0.15, 0.2) is 12.3 Å². The Bertz CT molecular complexity index is 424. The van der Waals surface area contributed by atoms with Crippen LogP contribution in [-0.2, 0) is 16.1 Å². The zero-order valence-electron chi connectivity index (χ0n) is 11.7. The van der Waals surface area contributed by atoms with Crippen LogP contribution in [0, 0.1) is 11.8 Å². The number of halogens is 1. The van der Waals surface area contributed by atoms with Crippen LogP contribution >= 0.6 is 12.4 Å². The van der Waals surface area contributed by atoms with Crippen molar-refractivity contribution in [3.63, 3.8) is 0 Å². The Morgan fingerprint density at radius 2 is 2.40 bits per heavy atom. The third-order valence-corrected chi connectivity index (χ3v) is 3.72. The number of amides is 1. The Labute approximate surface area is 125 Å². The molecule has 0 radical (unpaired) electrons. The lowest BCUT2D eigenvalue weighted by molar-refractivity contribution is -0.120. The summed E-state index contributed by atoms with van der Waals surface area (Å²) in [6, 6.07) is 1.81. The summed E-state index contributed by atoms with van der Waals surface area (Å²) in [6.07, 6.45) is 4.90. The minimum atomic E-state index is 0. The van der Waals surface area contributed by atoms with Crippen LogP contribution in [0.25, 0.3) is 0 Å². The molecule has 1 aliphatic rings. The average molecular weight is 303 g/mol. The summed E-state index contributed by atoms with van der Waals surface area (Å²) in [6.45, 7) is 1.87. The first kappa shape index (κ1) is 16.9. The molecule has 1 aromatic heterocycles. The molecule has 0 aliphatic heterocycles. The van der Waals surface area contributed by atoms with E-state index in [2.05, 4.69) is 10.4 Å². The molecular formula is C13H23ClN4O2. The number of nitrogens with two attached hydrogens (primary N) is 1. The first-order valence-corrected chi connectivity index (χ1v) is 6.78. The third-order valence-electron chi connectivity index (χ3n) is 3.72. The Morgan fingerprint density at radius 3 is 3.10 bits per heavy atom. The molecule has 2 rings (SSSR count). The summed E-state index contributed by atoms with van der Waals surface area (Å²) in [5.74, 6) is 0.999. The van der Waals surface area contributed by atoms with E-state index in [0.29, 0.717) is 31.4 Å². The molecule has 1 amide bonds. The normalized spacial score (nSPS) is 21.5. The molecule has 114 valence electrons. The van der Waals surface area contributed by atoms with Gasteiger partial charge in [-0.3, -0.25) is 9.48 Å². The molecule has 7 heteroatoms. The topological polar surface area (TPSA) is 82.2 Å². The quantitative estimate of drug-likeness (QED) is 0.829. The van der Waals surface area contributed by atoms with Crippen LogP contribution in [0.2, 0.25) is 0 Å². The number of aromatic nitrogens is 2. The number of nitrogens with one attached hydrogen (secondary N) is 1. The van der Waals surface area contributed by atoms with Gasteiger partial charge in [-0.05, 0) is 25.3 Å². The molecule has 0 bridgehead atoms. The van der Waals surface area contributed by atoms with E-state index < -0.39 is 0 Å². The maximum absolute atomic E-state index is 12.2. The average Bonchev–Trinajstić information content (AvgIpc) is 3.04. The zero-order chi connectivity index (χ0) is 13.7. The van der Waals surface area contributed by atoms with Gasteiger partial charge in [-0.25, -0.2) is 0 Å². The number of hydrogen-bond acceptors (Lipinski definition) is 4. The number of ether oxygens (including phenoxy) is 1. The second kappa shape index (κ2) is 8.24. The largest absolute Gasteiger partial charge is 0.383 e. The molecule has 0 spiro atoms. The fourth-order valence-corrected chi connectivity index (χ4v) is 2.62. The highest BCUT2D eigenvalue weighted by molar-refractivity contribution is 5.92. The van der Waals surface area contributed by atoms with E-state index in [9.17, 15) is 4.79 Å².